The van der Waals surface area contributed by atoms with Gasteiger partial charge in [-0.15, -0.1) is 0 Å². The first kappa shape index (κ1) is 18.4. The van der Waals surface area contributed by atoms with Crippen LogP contribution >= 0.6 is 0 Å². The minimum atomic E-state index is 0.173. The predicted octanol–water partition coefficient (Wildman–Crippen LogP) is 2.81. The van der Waals surface area contributed by atoms with Crippen molar-refractivity contribution in [1.29, 1.82) is 0 Å². The van der Waals surface area contributed by atoms with Crippen LogP contribution in [0.1, 0.15) is 23.2 Å². The van der Waals surface area contributed by atoms with Crippen molar-refractivity contribution < 1.29 is 9.53 Å². The number of amides is 1. The fraction of sp³-hybridized carbons (Fsp3) is 0.429. The molecule has 1 aromatic heterocycles. The van der Waals surface area contributed by atoms with Crippen molar-refractivity contribution in [2.45, 2.75) is 26.8 Å². The Hall–Kier alpha value is -2.40. The number of aromatic nitrogens is 1. The maximum atomic E-state index is 12.4. The van der Waals surface area contributed by atoms with Gasteiger partial charge in [0.15, 0.2) is 0 Å². The second kappa shape index (κ2) is 8.81. The van der Waals surface area contributed by atoms with E-state index in [-0.39, 0.29) is 5.91 Å². The Bertz CT molecular complexity index is 725. The van der Waals surface area contributed by atoms with E-state index < -0.39 is 0 Å². The van der Waals surface area contributed by atoms with Gasteiger partial charge in [-0.05, 0) is 37.6 Å². The van der Waals surface area contributed by atoms with Crippen molar-refractivity contribution >= 4 is 5.91 Å². The summed E-state index contributed by atoms with van der Waals surface area (Å²) in [5, 5.41) is 0. The van der Waals surface area contributed by atoms with E-state index in [0.717, 1.165) is 49.7 Å². The number of aryl methyl sites for hydroxylation is 2. The van der Waals surface area contributed by atoms with Crippen molar-refractivity contribution in [2.75, 3.05) is 32.8 Å². The number of carbonyl (C=O) groups is 1. The van der Waals surface area contributed by atoms with E-state index in [9.17, 15) is 4.79 Å². The number of piperazine rings is 1. The summed E-state index contributed by atoms with van der Waals surface area (Å²) in [5.74, 6) is 1.04. The van der Waals surface area contributed by atoms with Crippen molar-refractivity contribution in [2.24, 2.45) is 0 Å². The molecule has 2 heterocycles. The molecule has 1 aromatic carbocycles. The molecule has 3 rings (SSSR count). The zero-order chi connectivity index (χ0) is 18.4. The first-order valence-electron chi connectivity index (χ1n) is 9.22. The number of ether oxygens (including phenoxy) is 1. The number of benzene rings is 1. The molecule has 1 amide bonds. The lowest BCUT2D eigenvalue weighted by molar-refractivity contribution is -0.133. The SMILES string of the molecule is Cc1ccc(OCCC(=O)N2CCN(Cc3ccccn3)CC2)c(C)c1. The lowest BCUT2D eigenvalue weighted by atomic mass is 10.1. The quantitative estimate of drug-likeness (QED) is 0.801. The highest BCUT2D eigenvalue weighted by molar-refractivity contribution is 5.76. The Morgan fingerprint density at radius 2 is 1.92 bits per heavy atom. The molecule has 0 N–H and O–H groups in total. The van der Waals surface area contributed by atoms with E-state index in [0.29, 0.717) is 13.0 Å². The molecule has 5 heteroatoms. The van der Waals surface area contributed by atoms with Gasteiger partial charge in [-0.3, -0.25) is 14.7 Å². The van der Waals surface area contributed by atoms with Crippen LogP contribution < -0.4 is 4.74 Å². The van der Waals surface area contributed by atoms with Crippen LogP contribution in [0.2, 0.25) is 0 Å². The molecule has 2 aromatic rings. The van der Waals surface area contributed by atoms with Crippen molar-refractivity contribution in [3.63, 3.8) is 0 Å². The Morgan fingerprint density at radius 1 is 1.12 bits per heavy atom. The molecular weight excluding hydrogens is 326 g/mol. The summed E-state index contributed by atoms with van der Waals surface area (Å²) in [5.41, 5.74) is 3.41. The lowest BCUT2D eigenvalue weighted by Gasteiger charge is -2.34. The molecule has 26 heavy (non-hydrogen) atoms. The van der Waals surface area contributed by atoms with Gasteiger partial charge in [-0.2, -0.15) is 0 Å². The largest absolute Gasteiger partial charge is 0.493 e. The fourth-order valence-corrected chi connectivity index (χ4v) is 3.24. The van der Waals surface area contributed by atoms with Gasteiger partial charge in [0.2, 0.25) is 5.91 Å². The van der Waals surface area contributed by atoms with Gasteiger partial charge in [-0.25, -0.2) is 0 Å². The van der Waals surface area contributed by atoms with E-state index in [1.807, 2.05) is 48.4 Å². The van der Waals surface area contributed by atoms with Gasteiger partial charge >= 0.3 is 0 Å². The first-order valence-corrected chi connectivity index (χ1v) is 9.22. The lowest BCUT2D eigenvalue weighted by Crippen LogP contribution is -2.48. The summed E-state index contributed by atoms with van der Waals surface area (Å²) in [6.07, 6.45) is 2.25. The highest BCUT2D eigenvalue weighted by atomic mass is 16.5. The molecule has 138 valence electrons. The third-order valence-electron chi connectivity index (χ3n) is 4.74. The molecule has 5 nitrogen and oxygen atoms in total. The normalized spacial score (nSPS) is 15.1. The van der Waals surface area contributed by atoms with Crippen LogP contribution in [-0.4, -0.2) is 53.5 Å². The van der Waals surface area contributed by atoms with Gasteiger partial charge in [-0.1, -0.05) is 23.8 Å². The average Bonchev–Trinajstić information content (AvgIpc) is 2.65. The van der Waals surface area contributed by atoms with Crippen LogP contribution in [0.3, 0.4) is 0 Å². The number of nitrogens with zero attached hydrogens (tertiary/aromatic N) is 3. The number of hydrogen-bond donors (Lipinski definition) is 0. The van der Waals surface area contributed by atoms with E-state index in [4.69, 9.17) is 4.74 Å². The van der Waals surface area contributed by atoms with Crippen molar-refractivity contribution in [3.8, 4) is 5.75 Å². The van der Waals surface area contributed by atoms with Gasteiger partial charge in [0.05, 0.1) is 18.7 Å². The van der Waals surface area contributed by atoms with Crippen LogP contribution in [0.25, 0.3) is 0 Å². The van der Waals surface area contributed by atoms with E-state index in [2.05, 4.69) is 22.9 Å². The molecule has 0 saturated carbocycles. The van der Waals surface area contributed by atoms with Crippen molar-refractivity contribution in [3.05, 3.63) is 59.4 Å². The molecule has 0 radical (unpaired) electrons. The highest BCUT2D eigenvalue weighted by Crippen LogP contribution is 2.19. The van der Waals surface area contributed by atoms with E-state index in [1.165, 1.54) is 5.56 Å². The Balaban J connectivity index is 1.39. The minimum absolute atomic E-state index is 0.173. The van der Waals surface area contributed by atoms with E-state index in [1.54, 1.807) is 0 Å². The average molecular weight is 353 g/mol. The number of carbonyl (C=O) groups excluding carboxylic acids is 1. The summed E-state index contributed by atoms with van der Waals surface area (Å²) in [6, 6.07) is 12.1. The topological polar surface area (TPSA) is 45.7 Å². The van der Waals surface area contributed by atoms with Gasteiger partial charge in [0, 0.05) is 38.9 Å². The Morgan fingerprint density at radius 3 is 2.62 bits per heavy atom. The van der Waals surface area contributed by atoms with E-state index >= 15 is 0 Å². The summed E-state index contributed by atoms with van der Waals surface area (Å²) >= 11 is 0. The standard InChI is InChI=1S/C21H27N3O2/c1-17-6-7-20(18(2)15-17)26-14-8-21(25)24-12-10-23(11-13-24)16-19-5-3-4-9-22-19/h3-7,9,15H,8,10-14,16H2,1-2H3. The van der Waals surface area contributed by atoms with Crippen molar-refractivity contribution in [1.82, 2.24) is 14.8 Å². The van der Waals surface area contributed by atoms with Gasteiger partial charge in [0.1, 0.15) is 5.75 Å². The molecule has 1 aliphatic rings. The summed E-state index contributed by atoms with van der Waals surface area (Å²) in [6.45, 7) is 8.69. The Labute approximate surface area is 155 Å². The summed E-state index contributed by atoms with van der Waals surface area (Å²) in [4.78, 5) is 21.1. The molecule has 1 fully saturated rings. The second-order valence-corrected chi connectivity index (χ2v) is 6.85. The summed E-state index contributed by atoms with van der Waals surface area (Å²) < 4.78 is 5.79. The number of hydrogen-bond acceptors (Lipinski definition) is 4. The predicted molar refractivity (Wildman–Crippen MR) is 102 cm³/mol. The van der Waals surface area contributed by atoms with Gasteiger partial charge in [0.25, 0.3) is 0 Å². The van der Waals surface area contributed by atoms with Crippen LogP contribution in [0, 0.1) is 13.8 Å². The highest BCUT2D eigenvalue weighted by Gasteiger charge is 2.21. The molecule has 0 aliphatic carbocycles. The minimum Gasteiger partial charge on any atom is -0.493 e. The smallest absolute Gasteiger partial charge is 0.226 e. The first-order chi connectivity index (χ1) is 12.6. The molecule has 0 spiro atoms. The van der Waals surface area contributed by atoms with Crippen LogP contribution in [0.15, 0.2) is 42.6 Å². The zero-order valence-corrected chi connectivity index (χ0v) is 15.6. The second-order valence-electron chi connectivity index (χ2n) is 6.85. The molecule has 1 saturated heterocycles. The third kappa shape index (κ3) is 5.05. The summed E-state index contributed by atoms with van der Waals surface area (Å²) in [7, 11) is 0. The number of pyridine rings is 1. The Kier molecular flexibility index (Phi) is 6.23. The maximum absolute atomic E-state index is 12.4. The molecule has 1 aliphatic heterocycles. The molecule has 0 unspecified atom stereocenters. The number of rotatable bonds is 6. The van der Waals surface area contributed by atoms with Crippen LogP contribution in [0.4, 0.5) is 0 Å². The van der Waals surface area contributed by atoms with Crippen LogP contribution in [-0.2, 0) is 11.3 Å². The third-order valence-corrected chi connectivity index (χ3v) is 4.74. The molecule has 0 atom stereocenters. The van der Waals surface area contributed by atoms with Crippen LogP contribution in [0.5, 0.6) is 5.75 Å². The molecular formula is C21H27N3O2. The zero-order valence-electron chi connectivity index (χ0n) is 15.6. The maximum Gasteiger partial charge on any atom is 0.226 e. The fourth-order valence-electron chi connectivity index (χ4n) is 3.24. The molecule has 0 bridgehead atoms. The monoisotopic (exact) mass is 353 g/mol. The van der Waals surface area contributed by atoms with Gasteiger partial charge < -0.3 is 9.64 Å².